The van der Waals surface area contributed by atoms with Gasteiger partial charge in [0.15, 0.2) is 0 Å². The Morgan fingerprint density at radius 2 is 1.07 bits per heavy atom. The number of rotatable bonds is 6. The highest BCUT2D eigenvalue weighted by Crippen LogP contribution is 2.45. The first-order valence-electron chi connectivity index (χ1n) is 19.6. The first-order chi connectivity index (χ1) is 27.8. The third-order valence-corrected chi connectivity index (χ3v) is 11.6. The maximum absolute atomic E-state index is 2.43. The highest BCUT2D eigenvalue weighted by molar-refractivity contribution is 6.24. The van der Waals surface area contributed by atoms with Crippen LogP contribution in [-0.4, -0.2) is 4.57 Å². The van der Waals surface area contributed by atoms with E-state index in [9.17, 15) is 0 Å². The van der Waals surface area contributed by atoms with Gasteiger partial charge < -0.3 is 9.47 Å². The largest absolute Gasteiger partial charge is 0.310 e. The zero-order valence-electron chi connectivity index (χ0n) is 30.9. The van der Waals surface area contributed by atoms with Crippen LogP contribution in [0, 0.1) is 0 Å². The standard InChI is InChI=1S/C54H38N2/c1-3-15-37(16-4-1)50-36-43(32-34-46(50)51-35-39-18-8-10-22-45(39)54-44-21-9-7-17-38(44)27-33-49(51)54)55(40-19-5-2-6-20-40)41-28-30-42(31-29-41)56-52-25-13-11-23-47(52)48-24-12-14-26-53(48)56/h1-11,13-23,25-36H,12,24H2. The molecule has 2 nitrogen and oxygen atoms in total. The SMILES string of the molecule is C1=Cc2c(c3ccccc3n2-c2ccc(N(c3ccccc3)c3ccc(-c4cc5ccccc5c5c4ccc4ccccc45)c(-c4ccccc4)c3)cc2)CC1. The number of hydrogen-bond donors (Lipinski definition) is 0. The fraction of sp³-hybridized carbons (Fsp3) is 0.0370. The molecule has 9 aromatic carbocycles. The van der Waals surface area contributed by atoms with E-state index >= 15 is 0 Å². The van der Waals surface area contributed by atoms with E-state index in [-0.39, 0.29) is 0 Å². The minimum Gasteiger partial charge on any atom is -0.310 e. The van der Waals surface area contributed by atoms with Crippen molar-refractivity contribution in [2.45, 2.75) is 12.8 Å². The molecular weight excluding hydrogens is 677 g/mol. The highest BCUT2D eigenvalue weighted by atomic mass is 15.1. The lowest BCUT2D eigenvalue weighted by molar-refractivity contribution is 0.967. The lowest BCUT2D eigenvalue weighted by atomic mass is 9.87. The maximum Gasteiger partial charge on any atom is 0.0537 e. The Morgan fingerprint density at radius 3 is 1.88 bits per heavy atom. The van der Waals surface area contributed by atoms with Gasteiger partial charge in [-0.3, -0.25) is 0 Å². The number of fused-ring (bicyclic) bond motifs is 8. The van der Waals surface area contributed by atoms with Gasteiger partial charge in [-0.1, -0.05) is 140 Å². The second kappa shape index (κ2) is 13.3. The fourth-order valence-corrected chi connectivity index (χ4v) is 9.10. The fourth-order valence-electron chi connectivity index (χ4n) is 9.10. The summed E-state index contributed by atoms with van der Waals surface area (Å²) in [6.07, 6.45) is 6.77. The molecule has 0 saturated heterocycles. The van der Waals surface area contributed by atoms with E-state index in [4.69, 9.17) is 0 Å². The van der Waals surface area contributed by atoms with Crippen molar-refractivity contribution in [1.29, 1.82) is 0 Å². The third kappa shape index (κ3) is 5.26. The second-order valence-electron chi connectivity index (χ2n) is 14.8. The molecule has 1 heterocycles. The van der Waals surface area contributed by atoms with Crippen LogP contribution < -0.4 is 4.90 Å². The quantitative estimate of drug-likeness (QED) is 0.156. The van der Waals surface area contributed by atoms with Crippen molar-refractivity contribution in [2.24, 2.45) is 0 Å². The van der Waals surface area contributed by atoms with Crippen LogP contribution in [0.2, 0.25) is 0 Å². The molecule has 264 valence electrons. The molecular formula is C54H38N2. The molecule has 0 radical (unpaired) electrons. The topological polar surface area (TPSA) is 8.17 Å². The molecule has 0 aliphatic heterocycles. The van der Waals surface area contributed by atoms with E-state index in [1.165, 1.54) is 82.4 Å². The molecule has 0 spiro atoms. The predicted molar refractivity (Wildman–Crippen MR) is 239 cm³/mol. The van der Waals surface area contributed by atoms with Crippen molar-refractivity contribution in [2.75, 3.05) is 4.90 Å². The molecule has 0 saturated carbocycles. The summed E-state index contributed by atoms with van der Waals surface area (Å²) in [5.41, 5.74) is 13.3. The van der Waals surface area contributed by atoms with Crippen LogP contribution in [0.5, 0.6) is 0 Å². The number of anilines is 3. The second-order valence-corrected chi connectivity index (χ2v) is 14.8. The molecule has 1 aromatic heterocycles. The Hall–Kier alpha value is -7.16. The molecule has 0 bridgehead atoms. The molecule has 56 heavy (non-hydrogen) atoms. The van der Waals surface area contributed by atoms with Crippen molar-refractivity contribution in [1.82, 2.24) is 4.57 Å². The first kappa shape index (κ1) is 32.3. The molecule has 0 N–H and O–H groups in total. The van der Waals surface area contributed by atoms with Crippen molar-refractivity contribution >= 4 is 66.4 Å². The van der Waals surface area contributed by atoms with E-state index < -0.39 is 0 Å². The van der Waals surface area contributed by atoms with Crippen molar-refractivity contribution in [3.8, 4) is 27.9 Å². The summed E-state index contributed by atoms with van der Waals surface area (Å²) >= 11 is 0. The predicted octanol–water partition coefficient (Wildman–Crippen LogP) is 14.9. The summed E-state index contributed by atoms with van der Waals surface area (Å²) in [7, 11) is 0. The van der Waals surface area contributed by atoms with E-state index in [2.05, 4.69) is 216 Å². The zero-order chi connectivity index (χ0) is 37.0. The molecule has 2 heteroatoms. The number of benzene rings is 9. The molecule has 0 fully saturated rings. The van der Waals surface area contributed by atoms with Gasteiger partial charge in [0.2, 0.25) is 0 Å². The van der Waals surface area contributed by atoms with E-state index in [0.717, 1.165) is 29.9 Å². The van der Waals surface area contributed by atoms with Gasteiger partial charge in [0.1, 0.15) is 0 Å². The van der Waals surface area contributed by atoms with Crippen LogP contribution in [0.15, 0.2) is 200 Å². The molecule has 10 aromatic rings. The van der Waals surface area contributed by atoms with Gasteiger partial charge in [-0.05, 0) is 140 Å². The van der Waals surface area contributed by atoms with Crippen LogP contribution in [0.3, 0.4) is 0 Å². The summed E-state index contributed by atoms with van der Waals surface area (Å²) < 4.78 is 2.43. The van der Waals surface area contributed by atoms with E-state index in [1.807, 2.05) is 0 Å². The van der Waals surface area contributed by atoms with E-state index in [1.54, 1.807) is 0 Å². The summed E-state index contributed by atoms with van der Waals surface area (Å²) in [5.74, 6) is 0. The molecule has 0 atom stereocenters. The number of hydrogen-bond acceptors (Lipinski definition) is 1. The van der Waals surface area contributed by atoms with Crippen molar-refractivity contribution in [3.05, 3.63) is 211 Å². The van der Waals surface area contributed by atoms with Crippen molar-refractivity contribution < 1.29 is 0 Å². The molecule has 1 aliphatic rings. The maximum atomic E-state index is 2.43. The van der Waals surface area contributed by atoms with Gasteiger partial charge in [0, 0.05) is 33.8 Å². The Morgan fingerprint density at radius 1 is 0.429 bits per heavy atom. The smallest absolute Gasteiger partial charge is 0.0537 e. The summed E-state index contributed by atoms with van der Waals surface area (Å²) in [4.78, 5) is 2.38. The van der Waals surface area contributed by atoms with Gasteiger partial charge in [0.25, 0.3) is 0 Å². The van der Waals surface area contributed by atoms with Crippen molar-refractivity contribution in [3.63, 3.8) is 0 Å². The van der Waals surface area contributed by atoms with Gasteiger partial charge in [-0.2, -0.15) is 0 Å². The Balaban J connectivity index is 1.10. The number of aryl methyl sites for hydroxylation is 1. The molecule has 0 amide bonds. The molecule has 1 aliphatic carbocycles. The molecule has 0 unspecified atom stereocenters. The number of allylic oxidation sites excluding steroid dienone is 1. The first-order valence-corrected chi connectivity index (χ1v) is 19.6. The highest BCUT2D eigenvalue weighted by Gasteiger charge is 2.21. The Bertz CT molecular complexity index is 3100. The summed E-state index contributed by atoms with van der Waals surface area (Å²) in [6, 6.07) is 71.1. The van der Waals surface area contributed by atoms with Crippen LogP contribution in [0.1, 0.15) is 17.7 Å². The minimum atomic E-state index is 1.07. The van der Waals surface area contributed by atoms with Crippen LogP contribution in [-0.2, 0) is 6.42 Å². The Labute approximate surface area is 326 Å². The van der Waals surface area contributed by atoms with Gasteiger partial charge in [-0.25, -0.2) is 0 Å². The zero-order valence-corrected chi connectivity index (χ0v) is 30.9. The van der Waals surface area contributed by atoms with Gasteiger partial charge in [0.05, 0.1) is 5.52 Å². The van der Waals surface area contributed by atoms with Gasteiger partial charge in [-0.15, -0.1) is 0 Å². The normalized spacial score (nSPS) is 12.4. The average molecular weight is 715 g/mol. The minimum absolute atomic E-state index is 1.07. The van der Waals surface area contributed by atoms with Crippen LogP contribution >= 0.6 is 0 Å². The number of para-hydroxylation sites is 2. The monoisotopic (exact) mass is 714 g/mol. The van der Waals surface area contributed by atoms with Crippen LogP contribution in [0.4, 0.5) is 17.1 Å². The van der Waals surface area contributed by atoms with E-state index in [0.29, 0.717) is 0 Å². The average Bonchev–Trinajstić information content (AvgIpc) is 3.61. The summed E-state index contributed by atoms with van der Waals surface area (Å²) in [5, 5.41) is 8.98. The third-order valence-electron chi connectivity index (χ3n) is 11.6. The van der Waals surface area contributed by atoms with Gasteiger partial charge >= 0.3 is 0 Å². The molecule has 11 rings (SSSR count). The van der Waals surface area contributed by atoms with Crippen LogP contribution in [0.25, 0.3) is 77.2 Å². The lowest BCUT2D eigenvalue weighted by Gasteiger charge is -2.27. The lowest BCUT2D eigenvalue weighted by Crippen LogP contribution is -2.10. The number of aromatic nitrogens is 1. The Kier molecular flexibility index (Phi) is 7.67. The summed E-state index contributed by atoms with van der Waals surface area (Å²) in [6.45, 7) is 0. The number of nitrogens with zero attached hydrogens (tertiary/aromatic N) is 2.